The number of aromatic hydroxyl groups is 1. The molecule has 0 spiro atoms. The normalized spacial score (nSPS) is 22.1. The van der Waals surface area contributed by atoms with E-state index in [-0.39, 0.29) is 24.3 Å². The average Bonchev–Trinajstić information content (AvgIpc) is 3.19. The Kier molecular flexibility index (Phi) is 4.43. The van der Waals surface area contributed by atoms with Gasteiger partial charge < -0.3 is 19.5 Å². The smallest absolute Gasteiger partial charge is 0.343 e. The van der Waals surface area contributed by atoms with Gasteiger partial charge in [0.25, 0.3) is 5.56 Å². The van der Waals surface area contributed by atoms with Crippen molar-refractivity contribution in [3.63, 3.8) is 0 Å². The standard InChI is InChI=1S/C26H26N2O5/c1-2-26(32)19-11-21-23-17(12-28(21)24(30)18(19)13-33-25(26)31)22(14-6-4-3-5-7-14)16-10-15(29)8-9-20(16)27-23/h8-11,14,29,32H,2-7,12-13H2,1H3/t26-/m0/s1. The second kappa shape index (κ2) is 7.15. The van der Waals surface area contributed by atoms with Crippen molar-refractivity contribution in [2.45, 2.75) is 70.1 Å². The summed E-state index contributed by atoms with van der Waals surface area (Å²) in [6.45, 7) is 1.96. The molecule has 1 aliphatic carbocycles. The lowest BCUT2D eigenvalue weighted by atomic mass is 9.80. The monoisotopic (exact) mass is 446 g/mol. The van der Waals surface area contributed by atoms with Crippen LogP contribution in [0.5, 0.6) is 5.75 Å². The second-order valence-corrected chi connectivity index (χ2v) is 9.49. The van der Waals surface area contributed by atoms with E-state index >= 15 is 0 Å². The fraction of sp³-hybridized carbons (Fsp3) is 0.423. The molecule has 0 bridgehead atoms. The van der Waals surface area contributed by atoms with Crippen LogP contribution in [0, 0.1) is 0 Å². The topological polar surface area (TPSA) is 102 Å². The summed E-state index contributed by atoms with van der Waals surface area (Å²) in [7, 11) is 0. The van der Waals surface area contributed by atoms with E-state index in [9.17, 15) is 19.8 Å². The van der Waals surface area contributed by atoms with E-state index < -0.39 is 11.6 Å². The first-order valence-corrected chi connectivity index (χ1v) is 11.7. The molecule has 3 aromatic rings. The van der Waals surface area contributed by atoms with Gasteiger partial charge in [-0.05, 0) is 55.0 Å². The van der Waals surface area contributed by atoms with Crippen LogP contribution in [0.4, 0.5) is 0 Å². The molecule has 3 aliphatic rings. The first-order chi connectivity index (χ1) is 15.9. The minimum Gasteiger partial charge on any atom is -0.508 e. The van der Waals surface area contributed by atoms with E-state index in [4.69, 9.17) is 9.72 Å². The Balaban J connectivity index is 1.64. The van der Waals surface area contributed by atoms with Gasteiger partial charge in [0.05, 0.1) is 29.0 Å². The first kappa shape index (κ1) is 20.4. The molecule has 2 aromatic heterocycles. The van der Waals surface area contributed by atoms with Crippen molar-refractivity contribution in [3.8, 4) is 17.1 Å². The number of aliphatic hydroxyl groups is 1. The molecule has 0 unspecified atom stereocenters. The zero-order chi connectivity index (χ0) is 22.9. The summed E-state index contributed by atoms with van der Waals surface area (Å²) in [5, 5.41) is 22.2. The molecule has 1 saturated carbocycles. The molecule has 0 amide bonds. The summed E-state index contributed by atoms with van der Waals surface area (Å²) < 4.78 is 6.87. The summed E-state index contributed by atoms with van der Waals surface area (Å²) >= 11 is 0. The summed E-state index contributed by atoms with van der Waals surface area (Å²) in [4.78, 5) is 30.8. The highest BCUT2D eigenvalue weighted by Crippen LogP contribution is 2.45. The van der Waals surface area contributed by atoms with Gasteiger partial charge in [0, 0.05) is 16.5 Å². The molecule has 2 N–H and O–H groups in total. The van der Waals surface area contributed by atoms with Gasteiger partial charge in [-0.1, -0.05) is 26.2 Å². The number of fused-ring (bicyclic) bond motifs is 5. The van der Waals surface area contributed by atoms with Gasteiger partial charge >= 0.3 is 5.97 Å². The maximum absolute atomic E-state index is 13.5. The number of ether oxygens (including phenoxy) is 1. The number of carbonyl (C=O) groups excluding carboxylic acids is 1. The Labute approximate surface area is 190 Å². The van der Waals surface area contributed by atoms with Gasteiger partial charge in [0.15, 0.2) is 5.60 Å². The summed E-state index contributed by atoms with van der Waals surface area (Å²) in [5.74, 6) is -0.171. The van der Waals surface area contributed by atoms with Crippen LogP contribution in [0.3, 0.4) is 0 Å². The van der Waals surface area contributed by atoms with Crippen molar-refractivity contribution in [1.29, 1.82) is 0 Å². The summed E-state index contributed by atoms with van der Waals surface area (Å²) in [6, 6.07) is 6.99. The number of phenols is 1. The van der Waals surface area contributed by atoms with Crippen molar-refractivity contribution in [1.82, 2.24) is 9.55 Å². The highest BCUT2D eigenvalue weighted by atomic mass is 16.6. The lowest BCUT2D eigenvalue weighted by molar-refractivity contribution is -0.172. The molecular weight excluding hydrogens is 420 g/mol. The van der Waals surface area contributed by atoms with Crippen LogP contribution in [-0.2, 0) is 28.3 Å². The number of cyclic esters (lactones) is 1. The second-order valence-electron chi connectivity index (χ2n) is 9.49. The van der Waals surface area contributed by atoms with Crippen molar-refractivity contribution >= 4 is 16.9 Å². The van der Waals surface area contributed by atoms with Gasteiger partial charge in [-0.15, -0.1) is 0 Å². The fourth-order valence-corrected chi connectivity index (χ4v) is 5.96. The van der Waals surface area contributed by atoms with Crippen LogP contribution >= 0.6 is 0 Å². The van der Waals surface area contributed by atoms with Crippen LogP contribution in [0.25, 0.3) is 22.3 Å². The van der Waals surface area contributed by atoms with Crippen molar-refractivity contribution < 1.29 is 19.7 Å². The molecule has 33 heavy (non-hydrogen) atoms. The van der Waals surface area contributed by atoms with Crippen molar-refractivity contribution in [2.75, 3.05) is 0 Å². The molecule has 1 aromatic carbocycles. The minimum atomic E-state index is -1.83. The van der Waals surface area contributed by atoms with E-state index in [1.54, 1.807) is 29.7 Å². The predicted octanol–water partition coefficient (Wildman–Crippen LogP) is 3.83. The maximum Gasteiger partial charge on any atom is 0.343 e. The van der Waals surface area contributed by atoms with E-state index in [1.165, 1.54) is 12.0 Å². The Morgan fingerprint density at radius 2 is 1.94 bits per heavy atom. The Bertz CT molecular complexity index is 1390. The van der Waals surface area contributed by atoms with E-state index in [0.717, 1.165) is 47.8 Å². The number of pyridine rings is 2. The Morgan fingerprint density at radius 3 is 2.70 bits per heavy atom. The first-order valence-electron chi connectivity index (χ1n) is 11.7. The predicted molar refractivity (Wildman–Crippen MR) is 122 cm³/mol. The van der Waals surface area contributed by atoms with Crippen LogP contribution in [0.1, 0.15) is 73.6 Å². The molecule has 1 atom stereocenters. The van der Waals surface area contributed by atoms with Gasteiger partial charge in [-0.2, -0.15) is 0 Å². The highest BCUT2D eigenvalue weighted by molar-refractivity contribution is 5.90. The van der Waals surface area contributed by atoms with Gasteiger partial charge in [0.1, 0.15) is 12.4 Å². The molecule has 2 aliphatic heterocycles. The third-order valence-corrected chi connectivity index (χ3v) is 7.73. The van der Waals surface area contributed by atoms with Crippen LogP contribution < -0.4 is 5.56 Å². The Morgan fingerprint density at radius 1 is 1.15 bits per heavy atom. The molecule has 7 nitrogen and oxygen atoms in total. The van der Waals surface area contributed by atoms with E-state index in [0.29, 0.717) is 29.3 Å². The maximum atomic E-state index is 13.5. The molecular formula is C26H26N2O5. The zero-order valence-electron chi connectivity index (χ0n) is 18.6. The third kappa shape index (κ3) is 2.81. The lowest BCUT2D eigenvalue weighted by Gasteiger charge is -2.31. The number of hydrogen-bond acceptors (Lipinski definition) is 6. The molecule has 0 saturated heterocycles. The number of hydrogen-bond donors (Lipinski definition) is 2. The molecule has 6 rings (SSSR count). The number of phenolic OH excluding ortho intramolecular Hbond substituents is 1. The number of nitrogens with zero attached hydrogens (tertiary/aromatic N) is 2. The molecule has 170 valence electrons. The van der Waals surface area contributed by atoms with Gasteiger partial charge in [0.2, 0.25) is 0 Å². The van der Waals surface area contributed by atoms with E-state index in [2.05, 4.69) is 0 Å². The van der Waals surface area contributed by atoms with E-state index in [1.807, 2.05) is 6.07 Å². The molecule has 1 fully saturated rings. The SMILES string of the molecule is CC[C@@]1(O)C(=O)OCc2c1cc1n(c2=O)Cc2c-1nc1ccc(O)cc1c2C1CCCCC1. The van der Waals surface area contributed by atoms with Crippen LogP contribution in [0.2, 0.25) is 0 Å². The number of carbonyl (C=O) groups is 1. The average molecular weight is 447 g/mol. The van der Waals surface area contributed by atoms with Crippen molar-refractivity contribution in [2.24, 2.45) is 0 Å². The largest absolute Gasteiger partial charge is 0.508 e. The number of benzene rings is 1. The number of rotatable bonds is 2. The lowest BCUT2D eigenvalue weighted by Crippen LogP contribution is -2.44. The zero-order valence-corrected chi connectivity index (χ0v) is 18.6. The van der Waals surface area contributed by atoms with Gasteiger partial charge in [-0.25, -0.2) is 9.78 Å². The number of esters is 1. The van der Waals surface area contributed by atoms with Crippen molar-refractivity contribution in [3.05, 3.63) is 56.9 Å². The highest BCUT2D eigenvalue weighted by Gasteiger charge is 2.45. The molecule has 0 radical (unpaired) electrons. The third-order valence-electron chi connectivity index (χ3n) is 7.73. The molecule has 4 heterocycles. The van der Waals surface area contributed by atoms with Gasteiger partial charge in [-0.3, -0.25) is 4.79 Å². The van der Waals surface area contributed by atoms with Crippen LogP contribution in [-0.4, -0.2) is 25.7 Å². The fourth-order valence-electron chi connectivity index (χ4n) is 5.96. The van der Waals surface area contributed by atoms with Crippen LogP contribution in [0.15, 0.2) is 29.1 Å². The summed E-state index contributed by atoms with van der Waals surface area (Å²) in [5.41, 5.74) is 2.89. The minimum absolute atomic E-state index is 0.117. The number of aromatic nitrogens is 2. The summed E-state index contributed by atoms with van der Waals surface area (Å²) in [6.07, 6.45) is 5.80. The Hall–Kier alpha value is -3.19. The quantitative estimate of drug-likeness (QED) is 0.454. The molecule has 7 heteroatoms.